The lowest BCUT2D eigenvalue weighted by atomic mass is 9.79. The Morgan fingerprint density at radius 1 is 1.30 bits per heavy atom. The minimum absolute atomic E-state index is 0.0402. The highest BCUT2D eigenvalue weighted by atomic mass is 16.5. The predicted octanol–water partition coefficient (Wildman–Crippen LogP) is 2.30. The second kappa shape index (κ2) is 7.76. The van der Waals surface area contributed by atoms with E-state index in [1.165, 1.54) is 0 Å². The molecule has 27 heavy (non-hydrogen) atoms. The van der Waals surface area contributed by atoms with Crippen LogP contribution in [0.5, 0.6) is 5.75 Å². The van der Waals surface area contributed by atoms with Gasteiger partial charge < -0.3 is 15.4 Å². The number of nitrogens with zero attached hydrogens (tertiary/aromatic N) is 2. The van der Waals surface area contributed by atoms with Crippen LogP contribution < -0.4 is 15.4 Å². The number of likely N-dealkylation sites (tertiary alicyclic amines) is 1. The fraction of sp³-hybridized carbons (Fsp3) is 0.714. The van der Waals surface area contributed by atoms with Crippen molar-refractivity contribution in [1.29, 1.82) is 0 Å². The van der Waals surface area contributed by atoms with E-state index in [-0.39, 0.29) is 23.0 Å². The lowest BCUT2D eigenvalue weighted by Crippen LogP contribution is -2.62. The maximum absolute atomic E-state index is 12.6. The number of carbonyl (C=O) groups is 1. The molecule has 6 heteroatoms. The van der Waals surface area contributed by atoms with E-state index in [1.807, 2.05) is 12.1 Å². The van der Waals surface area contributed by atoms with Crippen molar-refractivity contribution in [3.05, 3.63) is 24.0 Å². The third kappa shape index (κ3) is 5.42. The van der Waals surface area contributed by atoms with E-state index in [4.69, 9.17) is 4.74 Å². The van der Waals surface area contributed by atoms with E-state index in [2.05, 4.69) is 48.2 Å². The SMILES string of the molecule is COc1ccc(C2CCN(CC(=O)NC3CC(C)(C)NC(C)(C)C3)C2)nc1. The minimum Gasteiger partial charge on any atom is -0.495 e. The summed E-state index contributed by atoms with van der Waals surface area (Å²) in [5.41, 5.74) is 1.16. The van der Waals surface area contributed by atoms with Crippen LogP contribution in [-0.2, 0) is 4.79 Å². The summed E-state index contributed by atoms with van der Waals surface area (Å²) in [6, 6.07) is 4.22. The topological polar surface area (TPSA) is 66.5 Å². The van der Waals surface area contributed by atoms with Gasteiger partial charge in [0.2, 0.25) is 5.91 Å². The Labute approximate surface area is 163 Å². The van der Waals surface area contributed by atoms with Crippen molar-refractivity contribution in [1.82, 2.24) is 20.5 Å². The van der Waals surface area contributed by atoms with Crippen molar-refractivity contribution in [3.63, 3.8) is 0 Å². The maximum Gasteiger partial charge on any atom is 0.234 e. The first-order chi connectivity index (χ1) is 12.7. The van der Waals surface area contributed by atoms with Crippen LogP contribution in [0.4, 0.5) is 0 Å². The molecule has 0 radical (unpaired) electrons. The Morgan fingerprint density at radius 3 is 2.59 bits per heavy atom. The molecule has 1 aromatic heterocycles. The molecule has 2 aliphatic heterocycles. The fourth-order valence-electron chi connectivity index (χ4n) is 4.87. The van der Waals surface area contributed by atoms with Crippen molar-refractivity contribution in [2.75, 3.05) is 26.7 Å². The van der Waals surface area contributed by atoms with Gasteiger partial charge >= 0.3 is 0 Å². The van der Waals surface area contributed by atoms with Gasteiger partial charge in [0.1, 0.15) is 5.75 Å². The van der Waals surface area contributed by atoms with Gasteiger partial charge in [0.05, 0.1) is 19.9 Å². The molecule has 1 aromatic rings. The van der Waals surface area contributed by atoms with E-state index >= 15 is 0 Å². The fourth-order valence-corrected chi connectivity index (χ4v) is 4.87. The van der Waals surface area contributed by atoms with Gasteiger partial charge in [0.25, 0.3) is 0 Å². The molecule has 0 saturated carbocycles. The molecule has 2 aliphatic rings. The molecule has 0 spiro atoms. The molecule has 2 fully saturated rings. The van der Waals surface area contributed by atoms with Crippen LogP contribution in [0, 0.1) is 0 Å². The normalized spacial score (nSPS) is 25.3. The average Bonchev–Trinajstić information content (AvgIpc) is 3.00. The molecule has 1 amide bonds. The van der Waals surface area contributed by atoms with Crippen LogP contribution in [0.15, 0.2) is 18.3 Å². The van der Waals surface area contributed by atoms with Crippen molar-refractivity contribution in [2.24, 2.45) is 0 Å². The third-order valence-corrected chi connectivity index (χ3v) is 5.61. The zero-order chi connectivity index (χ0) is 19.7. The summed E-state index contributed by atoms with van der Waals surface area (Å²) >= 11 is 0. The van der Waals surface area contributed by atoms with E-state index < -0.39 is 0 Å². The van der Waals surface area contributed by atoms with E-state index in [1.54, 1.807) is 13.3 Å². The molecule has 2 saturated heterocycles. The van der Waals surface area contributed by atoms with Gasteiger partial charge in [-0.25, -0.2) is 0 Å². The van der Waals surface area contributed by atoms with Gasteiger partial charge in [0, 0.05) is 35.3 Å². The Bertz CT molecular complexity index is 641. The molecule has 1 unspecified atom stereocenters. The molecule has 0 aliphatic carbocycles. The second-order valence-electron chi connectivity index (χ2n) is 9.41. The van der Waals surface area contributed by atoms with Gasteiger partial charge in [-0.3, -0.25) is 14.7 Å². The monoisotopic (exact) mass is 374 g/mol. The van der Waals surface area contributed by atoms with Gasteiger partial charge in [-0.15, -0.1) is 0 Å². The maximum atomic E-state index is 12.6. The van der Waals surface area contributed by atoms with Crippen molar-refractivity contribution < 1.29 is 9.53 Å². The number of pyridine rings is 1. The number of aromatic nitrogens is 1. The summed E-state index contributed by atoms with van der Waals surface area (Å²) in [4.78, 5) is 19.4. The number of carbonyl (C=O) groups excluding carboxylic acids is 1. The summed E-state index contributed by atoms with van der Waals surface area (Å²) in [6.45, 7) is 11.1. The first-order valence-corrected chi connectivity index (χ1v) is 9.97. The number of hydrogen-bond acceptors (Lipinski definition) is 5. The summed E-state index contributed by atoms with van der Waals surface area (Å²) in [6.07, 6.45) is 4.73. The van der Waals surface area contributed by atoms with Crippen LogP contribution in [0.3, 0.4) is 0 Å². The summed E-state index contributed by atoms with van der Waals surface area (Å²) < 4.78 is 5.18. The number of rotatable bonds is 5. The summed E-state index contributed by atoms with van der Waals surface area (Å²) in [5.74, 6) is 1.30. The smallest absolute Gasteiger partial charge is 0.234 e. The molecule has 1 atom stereocenters. The Morgan fingerprint density at radius 2 is 2.00 bits per heavy atom. The number of ether oxygens (including phenoxy) is 1. The Balaban J connectivity index is 1.50. The van der Waals surface area contributed by atoms with Crippen LogP contribution in [-0.4, -0.2) is 59.7 Å². The highest BCUT2D eigenvalue weighted by Gasteiger charge is 2.38. The van der Waals surface area contributed by atoms with Crippen LogP contribution in [0.1, 0.15) is 58.6 Å². The van der Waals surface area contributed by atoms with Gasteiger partial charge in [0.15, 0.2) is 0 Å². The van der Waals surface area contributed by atoms with Crippen molar-refractivity contribution in [2.45, 2.75) is 70.0 Å². The lowest BCUT2D eigenvalue weighted by molar-refractivity contribution is -0.123. The number of amides is 1. The molecule has 6 nitrogen and oxygen atoms in total. The van der Waals surface area contributed by atoms with Crippen LogP contribution >= 0.6 is 0 Å². The van der Waals surface area contributed by atoms with Crippen molar-refractivity contribution in [3.8, 4) is 5.75 Å². The standard InChI is InChI=1S/C21H34N4O2/c1-20(2)10-16(11-21(3,4)24-20)23-19(26)14-25-9-8-15(13-25)18-7-6-17(27-5)12-22-18/h6-7,12,15-16,24H,8-11,13-14H2,1-5H3,(H,23,26). The van der Waals surface area contributed by atoms with Gasteiger partial charge in [-0.05, 0) is 65.6 Å². The minimum atomic E-state index is 0.0402. The largest absolute Gasteiger partial charge is 0.495 e. The number of hydrogen-bond donors (Lipinski definition) is 2. The quantitative estimate of drug-likeness (QED) is 0.828. The van der Waals surface area contributed by atoms with E-state index in [0.717, 1.165) is 43.8 Å². The molecule has 3 heterocycles. The highest BCUT2D eigenvalue weighted by molar-refractivity contribution is 5.78. The first kappa shape index (κ1) is 20.1. The number of nitrogens with one attached hydrogen (secondary N) is 2. The number of piperidine rings is 1. The zero-order valence-corrected chi connectivity index (χ0v) is 17.3. The van der Waals surface area contributed by atoms with Gasteiger partial charge in [-0.2, -0.15) is 0 Å². The second-order valence-corrected chi connectivity index (χ2v) is 9.41. The third-order valence-electron chi connectivity index (χ3n) is 5.61. The van der Waals surface area contributed by atoms with E-state index in [9.17, 15) is 4.79 Å². The molecular weight excluding hydrogens is 340 g/mol. The van der Waals surface area contributed by atoms with Crippen LogP contribution in [0.2, 0.25) is 0 Å². The lowest BCUT2D eigenvalue weighted by Gasteiger charge is -2.46. The molecule has 150 valence electrons. The summed E-state index contributed by atoms with van der Waals surface area (Å²) in [7, 11) is 1.65. The van der Waals surface area contributed by atoms with Crippen LogP contribution in [0.25, 0.3) is 0 Å². The summed E-state index contributed by atoms with van der Waals surface area (Å²) in [5, 5.41) is 6.94. The molecular formula is C21H34N4O2. The van der Waals surface area contributed by atoms with E-state index in [0.29, 0.717) is 12.5 Å². The first-order valence-electron chi connectivity index (χ1n) is 9.97. The molecule has 0 bridgehead atoms. The molecule has 3 rings (SSSR count). The van der Waals surface area contributed by atoms with Gasteiger partial charge in [-0.1, -0.05) is 0 Å². The predicted molar refractivity (Wildman–Crippen MR) is 107 cm³/mol. The molecule has 2 N–H and O–H groups in total. The zero-order valence-electron chi connectivity index (χ0n) is 17.3. The average molecular weight is 375 g/mol. The van der Waals surface area contributed by atoms with Crippen molar-refractivity contribution >= 4 is 5.91 Å². The highest BCUT2D eigenvalue weighted by Crippen LogP contribution is 2.29. The number of methoxy groups -OCH3 is 1. The Hall–Kier alpha value is -1.66. The molecule has 0 aromatic carbocycles. The Kier molecular flexibility index (Phi) is 5.77.